The van der Waals surface area contributed by atoms with Crippen LogP contribution in [0.3, 0.4) is 0 Å². The van der Waals surface area contributed by atoms with Gasteiger partial charge in [-0.1, -0.05) is 0 Å². The number of ether oxygens (including phenoxy) is 2. The van der Waals surface area contributed by atoms with Crippen LogP contribution in [0.2, 0.25) is 0 Å². The molecular weight excluding hydrogens is 200 g/mol. The maximum atomic E-state index is 9.63. The molecule has 0 aromatic rings. The molecule has 0 unspecified atom stereocenters. The molecule has 90 valence electrons. The van der Waals surface area contributed by atoms with E-state index in [1.807, 2.05) is 20.8 Å². The molecule has 1 saturated heterocycles. The Morgan fingerprint density at radius 3 is 2.00 bits per heavy atom. The zero-order chi connectivity index (χ0) is 11.8. The molecule has 1 aliphatic heterocycles. The van der Waals surface area contributed by atoms with E-state index < -0.39 is 36.3 Å². The molecule has 0 saturated carbocycles. The largest absolute Gasteiger partial charge is 0.388 e. The van der Waals surface area contributed by atoms with E-state index in [-0.39, 0.29) is 0 Å². The maximum Gasteiger partial charge on any atom is 0.187 e. The van der Waals surface area contributed by atoms with Gasteiger partial charge in [-0.2, -0.15) is 0 Å². The number of hydrogen-bond acceptors (Lipinski definition) is 5. The minimum absolute atomic E-state index is 0.479. The van der Waals surface area contributed by atoms with E-state index in [4.69, 9.17) is 9.47 Å². The smallest absolute Gasteiger partial charge is 0.187 e. The highest BCUT2D eigenvalue weighted by molar-refractivity contribution is 4.87. The van der Waals surface area contributed by atoms with Gasteiger partial charge in [-0.3, -0.25) is 0 Å². The Bertz CT molecular complexity index is 212. The third-order valence-electron chi connectivity index (χ3n) is 2.28. The summed E-state index contributed by atoms with van der Waals surface area (Å²) in [7, 11) is 0. The first-order valence-electron chi connectivity index (χ1n) is 5.10. The second-order valence-electron chi connectivity index (χ2n) is 4.91. The topological polar surface area (TPSA) is 79.2 Å². The number of aliphatic hydroxyl groups excluding tert-OH is 3. The highest BCUT2D eigenvalue weighted by atomic mass is 16.7. The van der Waals surface area contributed by atoms with Gasteiger partial charge in [-0.25, -0.2) is 0 Å². The van der Waals surface area contributed by atoms with Crippen LogP contribution in [-0.4, -0.2) is 51.6 Å². The molecule has 5 atom stereocenters. The Labute approximate surface area is 89.6 Å². The zero-order valence-corrected chi connectivity index (χ0v) is 9.54. The molecule has 0 aromatic heterocycles. The lowest BCUT2D eigenvalue weighted by molar-refractivity contribution is -0.314. The molecule has 15 heavy (non-hydrogen) atoms. The van der Waals surface area contributed by atoms with Crippen molar-refractivity contribution in [3.63, 3.8) is 0 Å². The highest BCUT2D eigenvalue weighted by Crippen LogP contribution is 2.25. The fourth-order valence-corrected chi connectivity index (χ4v) is 1.46. The molecule has 3 N–H and O–H groups in total. The predicted octanol–water partition coefficient (Wildman–Crippen LogP) is -0.371. The third kappa shape index (κ3) is 3.12. The van der Waals surface area contributed by atoms with Crippen molar-refractivity contribution >= 4 is 0 Å². The van der Waals surface area contributed by atoms with Gasteiger partial charge in [0.1, 0.15) is 18.3 Å². The SMILES string of the molecule is C[C@@H]1O[C@H](OC(C)(C)C)[C@@H](O)[C@H](O)[C@H]1O. The molecule has 0 spiro atoms. The maximum absolute atomic E-state index is 9.63. The fourth-order valence-electron chi connectivity index (χ4n) is 1.46. The van der Waals surface area contributed by atoms with E-state index in [9.17, 15) is 15.3 Å². The summed E-state index contributed by atoms with van der Waals surface area (Å²) in [6.07, 6.45) is -5.01. The van der Waals surface area contributed by atoms with Crippen molar-refractivity contribution in [1.29, 1.82) is 0 Å². The summed E-state index contributed by atoms with van der Waals surface area (Å²) in [6.45, 7) is 7.10. The van der Waals surface area contributed by atoms with Crippen LogP contribution >= 0.6 is 0 Å². The van der Waals surface area contributed by atoms with Gasteiger partial charge in [0.05, 0.1) is 11.7 Å². The van der Waals surface area contributed by atoms with E-state index in [0.29, 0.717) is 0 Å². The van der Waals surface area contributed by atoms with Crippen LogP contribution in [0, 0.1) is 0 Å². The summed E-state index contributed by atoms with van der Waals surface area (Å²) in [5.74, 6) is 0. The first-order valence-corrected chi connectivity index (χ1v) is 5.10. The van der Waals surface area contributed by atoms with Gasteiger partial charge < -0.3 is 24.8 Å². The standard InChI is InChI=1S/C10H20O5/c1-5-6(11)7(12)8(13)9(14-5)15-10(2,3)4/h5-9,11-13H,1-4H3/t5-,6-,7+,8-,9+/m0/s1. The first-order chi connectivity index (χ1) is 6.72. The molecule has 0 aromatic carbocycles. The van der Waals surface area contributed by atoms with E-state index in [1.54, 1.807) is 6.92 Å². The first kappa shape index (κ1) is 12.9. The van der Waals surface area contributed by atoms with Crippen LogP contribution < -0.4 is 0 Å². The van der Waals surface area contributed by atoms with Gasteiger partial charge in [0.15, 0.2) is 6.29 Å². The summed E-state index contributed by atoms with van der Waals surface area (Å²) in [4.78, 5) is 0. The number of rotatable bonds is 1. The van der Waals surface area contributed by atoms with Crippen LogP contribution in [0.1, 0.15) is 27.7 Å². The monoisotopic (exact) mass is 220 g/mol. The fraction of sp³-hybridized carbons (Fsp3) is 1.00. The minimum atomic E-state index is -1.24. The van der Waals surface area contributed by atoms with Crippen molar-refractivity contribution in [3.8, 4) is 0 Å². The van der Waals surface area contributed by atoms with Gasteiger partial charge in [0.25, 0.3) is 0 Å². The Hall–Kier alpha value is -0.200. The third-order valence-corrected chi connectivity index (χ3v) is 2.28. The van der Waals surface area contributed by atoms with Crippen LogP contribution in [0.15, 0.2) is 0 Å². The van der Waals surface area contributed by atoms with E-state index in [1.165, 1.54) is 0 Å². The molecule has 1 aliphatic rings. The second kappa shape index (κ2) is 4.35. The van der Waals surface area contributed by atoms with Gasteiger partial charge in [0.2, 0.25) is 0 Å². The van der Waals surface area contributed by atoms with Crippen molar-refractivity contribution in [1.82, 2.24) is 0 Å². The summed E-state index contributed by atoms with van der Waals surface area (Å²) in [5.41, 5.74) is -0.479. The summed E-state index contributed by atoms with van der Waals surface area (Å²) < 4.78 is 10.7. The molecule has 1 fully saturated rings. The molecule has 0 amide bonds. The van der Waals surface area contributed by atoms with Crippen LogP contribution in [0.4, 0.5) is 0 Å². The quantitative estimate of drug-likeness (QED) is 0.562. The molecule has 5 heteroatoms. The predicted molar refractivity (Wildman–Crippen MR) is 53.2 cm³/mol. The Kier molecular flexibility index (Phi) is 3.73. The van der Waals surface area contributed by atoms with Crippen LogP contribution in [0.25, 0.3) is 0 Å². The van der Waals surface area contributed by atoms with Gasteiger partial charge >= 0.3 is 0 Å². The van der Waals surface area contributed by atoms with Crippen molar-refractivity contribution in [3.05, 3.63) is 0 Å². The average Bonchev–Trinajstić information content (AvgIpc) is 2.08. The van der Waals surface area contributed by atoms with E-state index in [2.05, 4.69) is 0 Å². The molecular formula is C10H20O5. The lowest BCUT2D eigenvalue weighted by Gasteiger charge is -2.41. The zero-order valence-electron chi connectivity index (χ0n) is 9.54. The van der Waals surface area contributed by atoms with Gasteiger partial charge in [-0.15, -0.1) is 0 Å². The summed E-state index contributed by atoms with van der Waals surface area (Å²) >= 11 is 0. The van der Waals surface area contributed by atoms with Crippen molar-refractivity contribution < 1.29 is 24.8 Å². The summed E-state index contributed by atoms with van der Waals surface area (Å²) in [5, 5.41) is 28.6. The van der Waals surface area contributed by atoms with Crippen LogP contribution in [-0.2, 0) is 9.47 Å². The average molecular weight is 220 g/mol. The van der Waals surface area contributed by atoms with Crippen molar-refractivity contribution in [2.45, 2.75) is 64.0 Å². The molecule has 5 nitrogen and oxygen atoms in total. The lowest BCUT2D eigenvalue weighted by Crippen LogP contribution is -2.58. The highest BCUT2D eigenvalue weighted by Gasteiger charge is 2.43. The van der Waals surface area contributed by atoms with E-state index >= 15 is 0 Å². The van der Waals surface area contributed by atoms with Crippen molar-refractivity contribution in [2.75, 3.05) is 0 Å². The lowest BCUT2D eigenvalue weighted by atomic mass is 10.00. The molecule has 0 radical (unpaired) electrons. The number of aliphatic hydroxyl groups is 3. The molecule has 1 rings (SSSR count). The Balaban J connectivity index is 2.67. The Morgan fingerprint density at radius 1 is 1.00 bits per heavy atom. The number of hydrogen-bond donors (Lipinski definition) is 3. The summed E-state index contributed by atoms with van der Waals surface area (Å²) in [6, 6.07) is 0. The molecule has 1 heterocycles. The Morgan fingerprint density at radius 2 is 1.53 bits per heavy atom. The second-order valence-corrected chi connectivity index (χ2v) is 4.91. The minimum Gasteiger partial charge on any atom is -0.388 e. The van der Waals surface area contributed by atoms with Crippen molar-refractivity contribution in [2.24, 2.45) is 0 Å². The molecule has 0 bridgehead atoms. The van der Waals surface area contributed by atoms with E-state index in [0.717, 1.165) is 0 Å². The van der Waals surface area contributed by atoms with Gasteiger partial charge in [0, 0.05) is 0 Å². The molecule has 0 aliphatic carbocycles. The van der Waals surface area contributed by atoms with Gasteiger partial charge in [-0.05, 0) is 27.7 Å². The normalized spacial score (nSPS) is 43.0. The van der Waals surface area contributed by atoms with Crippen LogP contribution in [0.5, 0.6) is 0 Å².